The molecule has 1 aromatic heterocycles. The number of pyridine rings is 1. The number of amides is 1. The summed E-state index contributed by atoms with van der Waals surface area (Å²) < 4.78 is 5.78. The molecule has 7 heteroatoms. The van der Waals surface area contributed by atoms with Gasteiger partial charge in [-0.1, -0.05) is 32.0 Å². The van der Waals surface area contributed by atoms with E-state index in [2.05, 4.69) is 18.8 Å². The van der Waals surface area contributed by atoms with Crippen molar-refractivity contribution in [2.24, 2.45) is 11.1 Å². The first-order chi connectivity index (χ1) is 11.5. The minimum atomic E-state index is -0.0912. The van der Waals surface area contributed by atoms with Crippen LogP contribution in [0.1, 0.15) is 30.8 Å². The van der Waals surface area contributed by atoms with Gasteiger partial charge in [-0.3, -0.25) is 9.78 Å². The molecule has 1 aliphatic rings. The van der Waals surface area contributed by atoms with Crippen LogP contribution in [0.15, 0.2) is 48.7 Å². The van der Waals surface area contributed by atoms with Crippen LogP contribution in [-0.4, -0.2) is 34.9 Å². The number of halogens is 2. The lowest BCUT2D eigenvalue weighted by atomic mass is 9.79. The largest absolute Gasteiger partial charge is 0.457 e. The number of nitrogens with zero attached hydrogens (tertiary/aromatic N) is 2. The van der Waals surface area contributed by atoms with Crippen LogP contribution in [0.3, 0.4) is 0 Å². The van der Waals surface area contributed by atoms with Gasteiger partial charge in [-0.15, -0.1) is 24.8 Å². The molecular weight excluding hydrogens is 373 g/mol. The zero-order valence-electron chi connectivity index (χ0n) is 14.9. The SMILES string of the molecule is CC1(C)CN(C(=O)c2cc(Oc3ccccc3)ccn2)CCC1N.Cl.Cl. The number of hydrogen-bond acceptors (Lipinski definition) is 4. The summed E-state index contributed by atoms with van der Waals surface area (Å²) in [5.41, 5.74) is 6.46. The standard InChI is InChI=1S/C19H23N3O2.2ClH/c1-19(2)13-22(11-9-17(19)20)18(23)16-12-15(8-10-21-16)24-14-6-4-3-5-7-14;;/h3-8,10,12,17H,9,11,13,20H2,1-2H3;2*1H. The van der Waals surface area contributed by atoms with Gasteiger partial charge in [-0.05, 0) is 30.0 Å². The molecule has 1 aliphatic heterocycles. The molecule has 0 radical (unpaired) electrons. The molecule has 26 heavy (non-hydrogen) atoms. The lowest BCUT2D eigenvalue weighted by Gasteiger charge is -2.42. The van der Waals surface area contributed by atoms with Crippen LogP contribution in [0, 0.1) is 5.41 Å². The maximum atomic E-state index is 12.8. The number of carbonyl (C=O) groups excluding carboxylic acids is 1. The van der Waals surface area contributed by atoms with Crippen molar-refractivity contribution in [3.8, 4) is 11.5 Å². The average molecular weight is 398 g/mol. The Hall–Kier alpha value is -1.82. The molecule has 1 amide bonds. The van der Waals surface area contributed by atoms with Crippen LogP contribution in [0.5, 0.6) is 11.5 Å². The zero-order chi connectivity index (χ0) is 17.2. The zero-order valence-corrected chi connectivity index (χ0v) is 16.6. The Bertz CT molecular complexity index is 726. The molecule has 1 fully saturated rings. The van der Waals surface area contributed by atoms with Gasteiger partial charge in [0.25, 0.3) is 5.91 Å². The van der Waals surface area contributed by atoms with Crippen molar-refractivity contribution in [3.63, 3.8) is 0 Å². The maximum Gasteiger partial charge on any atom is 0.272 e. The summed E-state index contributed by atoms with van der Waals surface area (Å²) >= 11 is 0. The number of carbonyl (C=O) groups is 1. The molecule has 2 heterocycles. The van der Waals surface area contributed by atoms with Crippen molar-refractivity contribution in [2.75, 3.05) is 13.1 Å². The summed E-state index contributed by atoms with van der Waals surface area (Å²) in [7, 11) is 0. The van der Waals surface area contributed by atoms with Gasteiger partial charge in [-0.2, -0.15) is 0 Å². The molecule has 3 rings (SSSR count). The van der Waals surface area contributed by atoms with Crippen LogP contribution in [0.25, 0.3) is 0 Å². The van der Waals surface area contributed by atoms with Crippen LogP contribution in [0.2, 0.25) is 0 Å². The fourth-order valence-corrected chi connectivity index (χ4v) is 2.93. The fraction of sp³-hybridized carbons (Fsp3) is 0.368. The Labute approximate surface area is 166 Å². The number of ether oxygens (including phenoxy) is 1. The summed E-state index contributed by atoms with van der Waals surface area (Å²) in [5.74, 6) is 1.26. The van der Waals surface area contributed by atoms with E-state index in [0.29, 0.717) is 24.5 Å². The number of hydrogen-bond donors (Lipinski definition) is 1. The van der Waals surface area contributed by atoms with Crippen LogP contribution >= 0.6 is 24.8 Å². The number of aromatic nitrogens is 1. The summed E-state index contributed by atoms with van der Waals surface area (Å²) in [5, 5.41) is 0. The predicted molar refractivity (Wildman–Crippen MR) is 108 cm³/mol. The molecule has 1 saturated heterocycles. The number of likely N-dealkylation sites (tertiary alicyclic amines) is 1. The van der Waals surface area contributed by atoms with E-state index < -0.39 is 0 Å². The first-order valence-electron chi connectivity index (χ1n) is 8.19. The molecule has 2 aromatic rings. The molecule has 1 unspecified atom stereocenters. The normalized spacial score (nSPS) is 18.3. The third-order valence-corrected chi connectivity index (χ3v) is 4.53. The highest BCUT2D eigenvalue weighted by molar-refractivity contribution is 5.92. The maximum absolute atomic E-state index is 12.8. The van der Waals surface area contributed by atoms with E-state index >= 15 is 0 Å². The second-order valence-corrected chi connectivity index (χ2v) is 6.90. The molecule has 0 saturated carbocycles. The monoisotopic (exact) mass is 397 g/mol. The highest BCUT2D eigenvalue weighted by atomic mass is 35.5. The van der Waals surface area contributed by atoms with Gasteiger partial charge in [-0.25, -0.2) is 0 Å². The van der Waals surface area contributed by atoms with Crippen molar-refractivity contribution >= 4 is 30.7 Å². The number of nitrogens with two attached hydrogens (primary N) is 1. The smallest absolute Gasteiger partial charge is 0.272 e. The van der Waals surface area contributed by atoms with Gasteiger partial charge in [0.15, 0.2) is 0 Å². The summed E-state index contributed by atoms with van der Waals surface area (Å²) in [6.45, 7) is 5.49. The molecule has 0 aliphatic carbocycles. The average Bonchev–Trinajstić information content (AvgIpc) is 2.58. The summed E-state index contributed by atoms with van der Waals surface area (Å²) in [6.07, 6.45) is 2.41. The van der Waals surface area contributed by atoms with Crippen molar-refractivity contribution in [2.45, 2.75) is 26.3 Å². The van der Waals surface area contributed by atoms with Crippen LogP contribution < -0.4 is 10.5 Å². The second kappa shape index (κ2) is 9.21. The molecule has 0 spiro atoms. The van der Waals surface area contributed by atoms with E-state index in [-0.39, 0.29) is 42.2 Å². The van der Waals surface area contributed by atoms with Crippen LogP contribution in [0.4, 0.5) is 0 Å². The number of para-hydroxylation sites is 1. The second-order valence-electron chi connectivity index (χ2n) is 6.90. The third kappa shape index (κ3) is 5.10. The predicted octanol–water partition coefficient (Wildman–Crippen LogP) is 3.92. The van der Waals surface area contributed by atoms with E-state index in [9.17, 15) is 4.79 Å². The van der Waals surface area contributed by atoms with E-state index in [0.717, 1.165) is 12.2 Å². The van der Waals surface area contributed by atoms with E-state index in [1.165, 1.54) is 0 Å². The Morgan fingerprint density at radius 2 is 1.88 bits per heavy atom. The molecule has 1 aromatic carbocycles. The number of piperidine rings is 1. The lowest BCUT2D eigenvalue weighted by Crippen LogP contribution is -2.54. The van der Waals surface area contributed by atoms with E-state index in [4.69, 9.17) is 10.5 Å². The molecule has 0 bridgehead atoms. The Kier molecular flexibility index (Phi) is 7.87. The quantitative estimate of drug-likeness (QED) is 0.851. The van der Waals surface area contributed by atoms with Crippen molar-refractivity contribution in [1.82, 2.24) is 9.88 Å². The van der Waals surface area contributed by atoms with Crippen molar-refractivity contribution < 1.29 is 9.53 Å². The van der Waals surface area contributed by atoms with Gasteiger partial charge in [0, 0.05) is 31.4 Å². The number of rotatable bonds is 3. The van der Waals surface area contributed by atoms with Gasteiger partial charge < -0.3 is 15.4 Å². The van der Waals surface area contributed by atoms with E-state index in [1.54, 1.807) is 18.3 Å². The van der Waals surface area contributed by atoms with Gasteiger partial charge in [0.1, 0.15) is 17.2 Å². The number of benzene rings is 1. The Morgan fingerprint density at radius 3 is 2.54 bits per heavy atom. The first-order valence-corrected chi connectivity index (χ1v) is 8.19. The van der Waals surface area contributed by atoms with Crippen molar-refractivity contribution in [3.05, 3.63) is 54.4 Å². The molecule has 2 N–H and O–H groups in total. The summed E-state index contributed by atoms with van der Waals surface area (Å²) in [6, 6.07) is 13.0. The molecular formula is C19H25Cl2N3O2. The van der Waals surface area contributed by atoms with Gasteiger partial charge >= 0.3 is 0 Å². The lowest BCUT2D eigenvalue weighted by molar-refractivity contribution is 0.0527. The molecule has 5 nitrogen and oxygen atoms in total. The van der Waals surface area contributed by atoms with E-state index in [1.807, 2.05) is 35.2 Å². The Morgan fingerprint density at radius 1 is 1.19 bits per heavy atom. The summed E-state index contributed by atoms with van der Waals surface area (Å²) in [4.78, 5) is 18.8. The molecule has 1 atom stereocenters. The van der Waals surface area contributed by atoms with Crippen molar-refractivity contribution in [1.29, 1.82) is 0 Å². The topological polar surface area (TPSA) is 68.5 Å². The van der Waals surface area contributed by atoms with Crippen LogP contribution in [-0.2, 0) is 0 Å². The highest BCUT2D eigenvalue weighted by Gasteiger charge is 2.35. The Balaban J connectivity index is 0.00000169. The minimum absolute atomic E-state index is 0. The fourth-order valence-electron chi connectivity index (χ4n) is 2.93. The third-order valence-electron chi connectivity index (χ3n) is 4.53. The first kappa shape index (κ1) is 22.2. The minimum Gasteiger partial charge on any atom is -0.457 e. The highest BCUT2D eigenvalue weighted by Crippen LogP contribution is 2.29. The molecule has 142 valence electrons. The van der Waals surface area contributed by atoms with Gasteiger partial charge in [0.05, 0.1) is 0 Å². The van der Waals surface area contributed by atoms with Gasteiger partial charge in [0.2, 0.25) is 0 Å².